The molecule has 1 amide bonds. The molecule has 3 aromatic rings. The van der Waals surface area contributed by atoms with Crippen molar-refractivity contribution in [3.63, 3.8) is 0 Å². The van der Waals surface area contributed by atoms with Gasteiger partial charge in [0.05, 0.1) is 6.61 Å². The van der Waals surface area contributed by atoms with Gasteiger partial charge in [0.15, 0.2) is 5.82 Å². The summed E-state index contributed by atoms with van der Waals surface area (Å²) in [7, 11) is 0. The van der Waals surface area contributed by atoms with Crippen LogP contribution in [0.15, 0.2) is 65.7 Å². The predicted molar refractivity (Wildman–Crippen MR) is 100 cm³/mol. The van der Waals surface area contributed by atoms with Gasteiger partial charge in [0.25, 0.3) is 11.5 Å². The highest BCUT2D eigenvalue weighted by Gasteiger charge is 2.12. The molecule has 0 saturated heterocycles. The first-order chi connectivity index (χ1) is 12.6. The zero-order valence-electron chi connectivity index (χ0n) is 14.6. The molecule has 132 valence electrons. The van der Waals surface area contributed by atoms with Crippen LogP contribution in [-0.2, 0) is 0 Å². The minimum atomic E-state index is -0.405. The number of rotatable bonds is 5. The van der Waals surface area contributed by atoms with Crippen molar-refractivity contribution in [3.05, 3.63) is 82.4 Å². The van der Waals surface area contributed by atoms with Crippen LogP contribution < -0.4 is 15.6 Å². The molecule has 2 aromatic carbocycles. The van der Waals surface area contributed by atoms with E-state index < -0.39 is 5.56 Å². The third kappa shape index (κ3) is 3.80. The van der Waals surface area contributed by atoms with Crippen LogP contribution in [0.5, 0.6) is 5.75 Å². The molecule has 0 atom stereocenters. The average Bonchev–Trinajstić information content (AvgIpc) is 2.65. The second-order valence-corrected chi connectivity index (χ2v) is 5.70. The summed E-state index contributed by atoms with van der Waals surface area (Å²) < 4.78 is 6.83. The van der Waals surface area contributed by atoms with Gasteiger partial charge >= 0.3 is 0 Å². The van der Waals surface area contributed by atoms with Crippen LogP contribution in [0.2, 0.25) is 0 Å². The van der Waals surface area contributed by atoms with Crippen molar-refractivity contribution in [2.24, 2.45) is 0 Å². The third-order valence-corrected chi connectivity index (χ3v) is 3.81. The summed E-state index contributed by atoms with van der Waals surface area (Å²) in [5.41, 5.74) is 1.77. The van der Waals surface area contributed by atoms with Crippen molar-refractivity contribution in [3.8, 4) is 11.4 Å². The summed E-state index contributed by atoms with van der Waals surface area (Å²) in [5, 5.41) is 2.58. The second-order valence-electron chi connectivity index (χ2n) is 5.70. The molecule has 0 radical (unpaired) electrons. The predicted octanol–water partition coefficient (Wildman–Crippen LogP) is 3.19. The maximum absolute atomic E-state index is 12.7. The van der Waals surface area contributed by atoms with Gasteiger partial charge in [-0.05, 0) is 50.2 Å². The molecule has 0 aliphatic heterocycles. The molecule has 0 saturated carbocycles. The molecule has 0 bridgehead atoms. The number of amides is 1. The molecular weight excluding hydrogens is 330 g/mol. The molecule has 1 heterocycles. The van der Waals surface area contributed by atoms with Gasteiger partial charge < -0.3 is 10.1 Å². The number of carbonyl (C=O) groups is 1. The highest BCUT2D eigenvalue weighted by molar-refractivity contribution is 6.03. The molecule has 1 N–H and O–H groups in total. The van der Waals surface area contributed by atoms with Gasteiger partial charge in [-0.2, -0.15) is 0 Å². The monoisotopic (exact) mass is 349 g/mol. The lowest BCUT2D eigenvalue weighted by molar-refractivity contribution is 0.102. The van der Waals surface area contributed by atoms with Crippen LogP contribution in [0.3, 0.4) is 0 Å². The summed E-state index contributed by atoms with van der Waals surface area (Å²) in [6, 6.07) is 14.2. The number of aromatic nitrogens is 2. The van der Waals surface area contributed by atoms with Gasteiger partial charge in [-0.1, -0.05) is 17.7 Å². The minimum Gasteiger partial charge on any atom is -0.494 e. The van der Waals surface area contributed by atoms with E-state index in [-0.39, 0.29) is 11.7 Å². The van der Waals surface area contributed by atoms with E-state index in [0.29, 0.717) is 17.9 Å². The fraction of sp³-hybridized carbons (Fsp3) is 0.150. The van der Waals surface area contributed by atoms with Crippen LogP contribution in [-0.4, -0.2) is 22.1 Å². The molecule has 6 nitrogen and oxygen atoms in total. The molecular formula is C20H19N3O3. The normalized spacial score (nSPS) is 10.4. The molecule has 0 aliphatic carbocycles. The standard InChI is InChI=1S/C20H19N3O3/c1-3-26-17-10-8-16(9-11-17)23-13-12-21-18(20(23)25)22-19(24)15-6-4-14(2)5-7-15/h4-13H,3H2,1-2H3,(H,21,22,24). The first kappa shape index (κ1) is 17.4. The van der Waals surface area contributed by atoms with Crippen LogP contribution in [0.4, 0.5) is 5.82 Å². The highest BCUT2D eigenvalue weighted by Crippen LogP contribution is 2.14. The molecule has 0 spiro atoms. The van der Waals surface area contributed by atoms with Crippen molar-refractivity contribution >= 4 is 11.7 Å². The van der Waals surface area contributed by atoms with Crippen molar-refractivity contribution in [2.45, 2.75) is 13.8 Å². The Kier molecular flexibility index (Phi) is 5.12. The number of benzene rings is 2. The van der Waals surface area contributed by atoms with Crippen LogP contribution in [0.25, 0.3) is 5.69 Å². The molecule has 3 rings (SSSR count). The number of carbonyl (C=O) groups excluding carboxylic acids is 1. The van der Waals surface area contributed by atoms with Crippen molar-refractivity contribution in [1.29, 1.82) is 0 Å². The first-order valence-electron chi connectivity index (χ1n) is 8.27. The van der Waals surface area contributed by atoms with Crippen LogP contribution in [0, 0.1) is 6.92 Å². The number of hydrogen-bond donors (Lipinski definition) is 1. The molecule has 26 heavy (non-hydrogen) atoms. The lowest BCUT2D eigenvalue weighted by Crippen LogP contribution is -2.26. The summed E-state index contributed by atoms with van der Waals surface area (Å²) >= 11 is 0. The zero-order valence-corrected chi connectivity index (χ0v) is 14.6. The van der Waals surface area contributed by atoms with E-state index in [1.165, 1.54) is 10.8 Å². The van der Waals surface area contributed by atoms with Crippen molar-refractivity contribution in [2.75, 3.05) is 11.9 Å². The van der Waals surface area contributed by atoms with Crippen LogP contribution in [0.1, 0.15) is 22.8 Å². The van der Waals surface area contributed by atoms with E-state index in [9.17, 15) is 9.59 Å². The Hall–Kier alpha value is -3.41. The number of nitrogens with zero attached hydrogens (tertiary/aromatic N) is 2. The second kappa shape index (κ2) is 7.65. The summed E-state index contributed by atoms with van der Waals surface area (Å²) in [6.45, 7) is 4.42. The number of ether oxygens (including phenoxy) is 1. The Morgan fingerprint density at radius 3 is 2.46 bits per heavy atom. The smallest absolute Gasteiger partial charge is 0.298 e. The van der Waals surface area contributed by atoms with Gasteiger partial charge in [-0.25, -0.2) is 4.98 Å². The Morgan fingerprint density at radius 2 is 1.81 bits per heavy atom. The fourth-order valence-corrected chi connectivity index (χ4v) is 2.45. The van der Waals surface area contributed by atoms with Crippen molar-refractivity contribution < 1.29 is 9.53 Å². The largest absolute Gasteiger partial charge is 0.494 e. The molecule has 6 heteroatoms. The first-order valence-corrected chi connectivity index (χ1v) is 8.27. The van der Waals surface area contributed by atoms with E-state index in [1.807, 2.05) is 26.0 Å². The average molecular weight is 349 g/mol. The zero-order chi connectivity index (χ0) is 18.5. The number of aryl methyl sites for hydroxylation is 1. The summed E-state index contributed by atoms with van der Waals surface area (Å²) in [6.07, 6.45) is 3.03. The highest BCUT2D eigenvalue weighted by atomic mass is 16.5. The Labute approximate surface area is 151 Å². The topological polar surface area (TPSA) is 73.2 Å². The molecule has 0 aliphatic rings. The Balaban J connectivity index is 1.86. The van der Waals surface area contributed by atoms with Gasteiger partial charge in [0.1, 0.15) is 5.75 Å². The number of hydrogen-bond acceptors (Lipinski definition) is 4. The maximum atomic E-state index is 12.7. The summed E-state index contributed by atoms with van der Waals surface area (Å²) in [4.78, 5) is 29.0. The van der Waals surface area contributed by atoms with E-state index in [1.54, 1.807) is 42.6 Å². The maximum Gasteiger partial charge on any atom is 0.298 e. The minimum absolute atomic E-state index is 0.0213. The van der Waals surface area contributed by atoms with E-state index in [0.717, 1.165) is 11.3 Å². The van der Waals surface area contributed by atoms with Gasteiger partial charge in [-0.15, -0.1) is 0 Å². The third-order valence-electron chi connectivity index (χ3n) is 3.81. The Morgan fingerprint density at radius 1 is 1.12 bits per heavy atom. The quantitative estimate of drug-likeness (QED) is 0.768. The molecule has 0 unspecified atom stereocenters. The molecule has 1 aromatic heterocycles. The lowest BCUT2D eigenvalue weighted by Gasteiger charge is -2.10. The van der Waals surface area contributed by atoms with Crippen molar-refractivity contribution in [1.82, 2.24) is 9.55 Å². The van der Waals surface area contributed by atoms with Gasteiger partial charge in [0.2, 0.25) is 0 Å². The SMILES string of the molecule is CCOc1ccc(-n2ccnc(NC(=O)c3ccc(C)cc3)c2=O)cc1. The van der Waals surface area contributed by atoms with E-state index in [4.69, 9.17) is 4.74 Å². The summed E-state index contributed by atoms with van der Waals surface area (Å²) in [5.74, 6) is 0.331. The van der Waals surface area contributed by atoms with E-state index >= 15 is 0 Å². The van der Waals surface area contributed by atoms with Gasteiger partial charge in [0, 0.05) is 23.6 Å². The number of nitrogens with one attached hydrogen (secondary N) is 1. The van der Waals surface area contributed by atoms with Crippen LogP contribution >= 0.6 is 0 Å². The fourth-order valence-electron chi connectivity index (χ4n) is 2.45. The van der Waals surface area contributed by atoms with Gasteiger partial charge in [-0.3, -0.25) is 14.2 Å². The molecule has 0 fully saturated rings. The lowest BCUT2D eigenvalue weighted by atomic mass is 10.1. The van der Waals surface area contributed by atoms with E-state index in [2.05, 4.69) is 10.3 Å². The Bertz CT molecular complexity index is 961. The number of anilines is 1.